The van der Waals surface area contributed by atoms with Crippen LogP contribution < -0.4 is 11.1 Å². The van der Waals surface area contributed by atoms with Crippen LogP contribution in [0.4, 0.5) is 5.69 Å². The Kier molecular flexibility index (Phi) is 4.09. The molecule has 0 bridgehead atoms. The van der Waals surface area contributed by atoms with Crippen LogP contribution in [0.3, 0.4) is 0 Å². The Bertz CT molecular complexity index is 336. The van der Waals surface area contributed by atoms with E-state index < -0.39 is 5.91 Å². The molecule has 1 aromatic rings. The summed E-state index contributed by atoms with van der Waals surface area (Å²) in [5, 5.41) is 3.22. The Morgan fingerprint density at radius 2 is 2.33 bits per heavy atom. The van der Waals surface area contributed by atoms with Gasteiger partial charge in [-0.15, -0.1) is 0 Å². The highest BCUT2D eigenvalue weighted by Gasteiger charge is 2.02. The molecule has 0 saturated heterocycles. The number of anilines is 1. The fraction of sp³-hybridized carbons (Fsp3) is 0.455. The van der Waals surface area contributed by atoms with Gasteiger partial charge in [0.15, 0.2) is 0 Å². The van der Waals surface area contributed by atoms with Gasteiger partial charge in [-0.25, -0.2) is 0 Å². The van der Waals surface area contributed by atoms with Gasteiger partial charge in [0.2, 0.25) is 0 Å². The second-order valence-corrected chi connectivity index (χ2v) is 3.90. The average Bonchev–Trinajstić information content (AvgIpc) is 2.17. The van der Waals surface area contributed by atoms with Gasteiger partial charge in [-0.05, 0) is 24.5 Å². The number of hydrogen-bond acceptors (Lipinski definition) is 3. The molecular weight excluding hydrogens is 190 g/mol. The number of nitrogens with one attached hydrogen (secondary N) is 1. The van der Waals surface area contributed by atoms with Crippen LogP contribution in [0.1, 0.15) is 30.8 Å². The van der Waals surface area contributed by atoms with Crippen molar-refractivity contribution >= 4 is 11.6 Å². The van der Waals surface area contributed by atoms with Crippen LogP contribution in [0.5, 0.6) is 0 Å². The maximum absolute atomic E-state index is 10.9. The fourth-order valence-electron chi connectivity index (χ4n) is 1.18. The van der Waals surface area contributed by atoms with E-state index in [1.165, 1.54) is 0 Å². The number of nitrogens with zero attached hydrogens (tertiary/aromatic N) is 1. The predicted molar refractivity (Wildman–Crippen MR) is 60.7 cm³/mol. The van der Waals surface area contributed by atoms with Crippen molar-refractivity contribution in [2.45, 2.75) is 20.3 Å². The van der Waals surface area contributed by atoms with Crippen molar-refractivity contribution in [3.63, 3.8) is 0 Å². The Hall–Kier alpha value is -1.58. The lowest BCUT2D eigenvalue weighted by molar-refractivity contribution is 0.0995. The molecule has 0 radical (unpaired) electrons. The van der Waals surface area contributed by atoms with Crippen molar-refractivity contribution in [2.24, 2.45) is 11.7 Å². The zero-order valence-corrected chi connectivity index (χ0v) is 9.16. The van der Waals surface area contributed by atoms with Crippen molar-refractivity contribution in [2.75, 3.05) is 11.9 Å². The Labute approximate surface area is 89.9 Å². The molecule has 0 aliphatic carbocycles. The molecule has 4 nitrogen and oxygen atoms in total. The third kappa shape index (κ3) is 3.97. The van der Waals surface area contributed by atoms with Gasteiger partial charge >= 0.3 is 0 Å². The fourth-order valence-corrected chi connectivity index (χ4v) is 1.18. The van der Waals surface area contributed by atoms with Gasteiger partial charge in [0.25, 0.3) is 5.91 Å². The molecule has 15 heavy (non-hydrogen) atoms. The molecular formula is C11H17N3O. The normalized spacial score (nSPS) is 10.3. The molecule has 1 heterocycles. The molecule has 0 spiro atoms. The molecule has 0 atom stereocenters. The standard InChI is InChI=1S/C11H17N3O/c1-8(2)3-5-13-9-4-6-14-10(7-9)11(12)15/h4,6-8H,3,5H2,1-2H3,(H2,12,15)(H,13,14). The van der Waals surface area contributed by atoms with Gasteiger partial charge < -0.3 is 11.1 Å². The number of hydrogen-bond donors (Lipinski definition) is 2. The van der Waals surface area contributed by atoms with E-state index in [-0.39, 0.29) is 0 Å². The number of carbonyl (C=O) groups excluding carboxylic acids is 1. The number of aromatic nitrogens is 1. The number of primary amides is 1. The van der Waals surface area contributed by atoms with Gasteiger partial charge in [0, 0.05) is 18.4 Å². The van der Waals surface area contributed by atoms with Crippen molar-refractivity contribution in [1.82, 2.24) is 4.98 Å². The lowest BCUT2D eigenvalue weighted by atomic mass is 10.1. The summed E-state index contributed by atoms with van der Waals surface area (Å²) in [5.74, 6) is 0.164. The van der Waals surface area contributed by atoms with Crippen LogP contribution in [-0.4, -0.2) is 17.4 Å². The average molecular weight is 207 g/mol. The monoisotopic (exact) mass is 207 g/mol. The summed E-state index contributed by atoms with van der Waals surface area (Å²) in [6.07, 6.45) is 2.67. The Morgan fingerprint density at radius 1 is 1.60 bits per heavy atom. The summed E-state index contributed by atoms with van der Waals surface area (Å²) in [7, 11) is 0. The molecule has 82 valence electrons. The third-order valence-electron chi connectivity index (χ3n) is 2.06. The first-order chi connectivity index (χ1) is 7.09. The summed E-state index contributed by atoms with van der Waals surface area (Å²) in [6, 6.07) is 3.50. The van der Waals surface area contributed by atoms with E-state index in [4.69, 9.17) is 5.73 Å². The first-order valence-corrected chi connectivity index (χ1v) is 5.09. The number of carbonyl (C=O) groups is 1. The van der Waals surface area contributed by atoms with Crippen LogP contribution in [0.15, 0.2) is 18.3 Å². The van der Waals surface area contributed by atoms with Crippen LogP contribution in [-0.2, 0) is 0 Å². The van der Waals surface area contributed by atoms with Gasteiger partial charge in [0.1, 0.15) is 5.69 Å². The Morgan fingerprint density at radius 3 is 2.93 bits per heavy atom. The lowest BCUT2D eigenvalue weighted by Gasteiger charge is -2.08. The van der Waals surface area contributed by atoms with E-state index in [0.29, 0.717) is 11.6 Å². The minimum atomic E-state index is -0.498. The van der Waals surface area contributed by atoms with Gasteiger partial charge in [0.05, 0.1) is 0 Å². The summed E-state index contributed by atoms with van der Waals surface area (Å²) >= 11 is 0. The maximum atomic E-state index is 10.9. The summed E-state index contributed by atoms with van der Waals surface area (Å²) in [5.41, 5.74) is 6.31. The number of nitrogens with two attached hydrogens (primary N) is 1. The summed E-state index contributed by atoms with van der Waals surface area (Å²) < 4.78 is 0. The molecule has 3 N–H and O–H groups in total. The minimum absolute atomic E-state index is 0.296. The van der Waals surface area contributed by atoms with Crippen LogP contribution in [0, 0.1) is 5.92 Å². The molecule has 1 amide bonds. The topological polar surface area (TPSA) is 68.0 Å². The molecule has 0 saturated carbocycles. The molecule has 1 rings (SSSR count). The summed E-state index contributed by atoms with van der Waals surface area (Å²) in [6.45, 7) is 5.23. The van der Waals surface area contributed by atoms with Gasteiger partial charge in [-0.1, -0.05) is 13.8 Å². The third-order valence-corrected chi connectivity index (χ3v) is 2.06. The minimum Gasteiger partial charge on any atom is -0.385 e. The molecule has 1 aromatic heterocycles. The Balaban J connectivity index is 2.54. The van der Waals surface area contributed by atoms with Gasteiger partial charge in [-0.3, -0.25) is 9.78 Å². The molecule has 0 unspecified atom stereocenters. The lowest BCUT2D eigenvalue weighted by Crippen LogP contribution is -2.13. The molecule has 0 aliphatic rings. The highest BCUT2D eigenvalue weighted by molar-refractivity contribution is 5.91. The van der Waals surface area contributed by atoms with Gasteiger partial charge in [-0.2, -0.15) is 0 Å². The second kappa shape index (κ2) is 5.34. The van der Waals surface area contributed by atoms with Crippen molar-refractivity contribution in [3.05, 3.63) is 24.0 Å². The van der Waals surface area contributed by atoms with E-state index in [1.54, 1.807) is 12.3 Å². The van der Waals surface area contributed by atoms with Crippen LogP contribution in [0.25, 0.3) is 0 Å². The molecule has 0 aliphatic heterocycles. The van der Waals surface area contributed by atoms with E-state index in [1.807, 2.05) is 6.07 Å². The number of amides is 1. The molecule has 4 heteroatoms. The number of pyridine rings is 1. The zero-order valence-electron chi connectivity index (χ0n) is 9.16. The van der Waals surface area contributed by atoms with Crippen LogP contribution >= 0.6 is 0 Å². The highest BCUT2D eigenvalue weighted by Crippen LogP contribution is 2.08. The van der Waals surface area contributed by atoms with Crippen molar-refractivity contribution < 1.29 is 4.79 Å². The summed E-state index contributed by atoms with van der Waals surface area (Å²) in [4.78, 5) is 14.7. The SMILES string of the molecule is CC(C)CCNc1ccnc(C(N)=O)c1. The largest absolute Gasteiger partial charge is 0.385 e. The van der Waals surface area contributed by atoms with E-state index >= 15 is 0 Å². The van der Waals surface area contributed by atoms with Crippen molar-refractivity contribution in [1.29, 1.82) is 0 Å². The first-order valence-electron chi connectivity index (χ1n) is 5.09. The maximum Gasteiger partial charge on any atom is 0.267 e. The number of rotatable bonds is 5. The van der Waals surface area contributed by atoms with E-state index in [2.05, 4.69) is 24.1 Å². The first kappa shape index (κ1) is 11.5. The molecule has 0 fully saturated rings. The van der Waals surface area contributed by atoms with E-state index in [9.17, 15) is 4.79 Å². The van der Waals surface area contributed by atoms with Crippen molar-refractivity contribution in [3.8, 4) is 0 Å². The smallest absolute Gasteiger partial charge is 0.267 e. The van der Waals surface area contributed by atoms with E-state index in [0.717, 1.165) is 18.7 Å². The zero-order chi connectivity index (χ0) is 11.3. The molecule has 0 aromatic carbocycles. The predicted octanol–water partition coefficient (Wildman–Crippen LogP) is 1.64. The highest BCUT2D eigenvalue weighted by atomic mass is 16.1. The quantitative estimate of drug-likeness (QED) is 0.771. The second-order valence-electron chi connectivity index (χ2n) is 3.90. The van der Waals surface area contributed by atoms with Crippen LogP contribution in [0.2, 0.25) is 0 Å².